The van der Waals surface area contributed by atoms with Gasteiger partial charge in [-0.2, -0.15) is 0 Å². The second-order valence-electron chi connectivity index (χ2n) is 14.4. The van der Waals surface area contributed by atoms with Gasteiger partial charge in [0.15, 0.2) is 0 Å². The molecule has 10 rings (SSSR count). The van der Waals surface area contributed by atoms with Crippen LogP contribution in [0.15, 0.2) is 188 Å². The van der Waals surface area contributed by atoms with E-state index < -0.39 is 0 Å². The van der Waals surface area contributed by atoms with Crippen LogP contribution in [0.5, 0.6) is 0 Å². The van der Waals surface area contributed by atoms with Gasteiger partial charge in [0.25, 0.3) is 0 Å². The summed E-state index contributed by atoms with van der Waals surface area (Å²) in [5.41, 5.74) is 16.1. The van der Waals surface area contributed by atoms with E-state index in [1.807, 2.05) is 0 Å². The lowest BCUT2D eigenvalue weighted by molar-refractivity contribution is 0.795. The van der Waals surface area contributed by atoms with Crippen LogP contribution in [0, 0.1) is 0 Å². The summed E-state index contributed by atoms with van der Waals surface area (Å²) in [6.45, 7) is 2.26. The lowest BCUT2D eigenvalue weighted by Gasteiger charge is -2.14. The Hall–Kier alpha value is -6.64. The molecule has 0 bridgehead atoms. The van der Waals surface area contributed by atoms with Crippen molar-refractivity contribution in [3.05, 3.63) is 194 Å². The molecule has 0 saturated heterocycles. The molecule has 54 heavy (non-hydrogen) atoms. The van der Waals surface area contributed by atoms with Gasteiger partial charge in [-0.15, -0.1) is 0 Å². The summed E-state index contributed by atoms with van der Waals surface area (Å²) in [6.07, 6.45) is 3.49. The highest BCUT2D eigenvalue weighted by molar-refractivity contribution is 6.28. The van der Waals surface area contributed by atoms with Crippen molar-refractivity contribution in [2.75, 3.05) is 0 Å². The minimum absolute atomic E-state index is 1.10. The number of fused-ring (bicyclic) bond motifs is 7. The number of nitrogens with zero attached hydrogens (tertiary/aromatic N) is 2. The highest BCUT2D eigenvalue weighted by atomic mass is 15.0. The summed E-state index contributed by atoms with van der Waals surface area (Å²) in [7, 11) is 0. The molecule has 0 atom stereocenters. The first-order valence-electron chi connectivity index (χ1n) is 19.2. The van der Waals surface area contributed by atoms with Crippen LogP contribution in [0.1, 0.15) is 25.3 Å². The third-order valence-electron chi connectivity index (χ3n) is 11.1. The van der Waals surface area contributed by atoms with Gasteiger partial charge in [0.1, 0.15) is 0 Å². The van der Waals surface area contributed by atoms with Gasteiger partial charge in [-0.1, -0.05) is 153 Å². The molecule has 0 aliphatic rings. The Morgan fingerprint density at radius 2 is 0.833 bits per heavy atom. The first kappa shape index (κ1) is 32.0. The van der Waals surface area contributed by atoms with Crippen LogP contribution in [0.25, 0.3) is 88.4 Å². The molecule has 2 aromatic heterocycles. The molecular formula is C52H40N2. The first-order valence-corrected chi connectivity index (χ1v) is 19.2. The molecule has 2 heterocycles. The van der Waals surface area contributed by atoms with E-state index >= 15 is 0 Å². The monoisotopic (exact) mass is 692 g/mol. The van der Waals surface area contributed by atoms with Gasteiger partial charge in [-0.25, -0.2) is 0 Å². The molecule has 10 aromatic rings. The highest BCUT2D eigenvalue weighted by Gasteiger charge is 2.20. The fourth-order valence-corrected chi connectivity index (χ4v) is 8.53. The van der Waals surface area contributed by atoms with Gasteiger partial charge in [-0.3, -0.25) is 0 Å². The van der Waals surface area contributed by atoms with Gasteiger partial charge in [-0.05, 0) is 100 Å². The fraction of sp³-hybridized carbons (Fsp3) is 0.0769. The van der Waals surface area contributed by atoms with Gasteiger partial charge < -0.3 is 9.13 Å². The van der Waals surface area contributed by atoms with Gasteiger partial charge in [0.05, 0.1) is 22.1 Å². The van der Waals surface area contributed by atoms with Crippen LogP contribution in [-0.2, 0) is 6.42 Å². The first-order chi connectivity index (χ1) is 26.8. The third kappa shape index (κ3) is 5.33. The summed E-state index contributed by atoms with van der Waals surface area (Å²) >= 11 is 0. The minimum Gasteiger partial charge on any atom is -0.309 e. The van der Waals surface area contributed by atoms with E-state index in [1.165, 1.54) is 95.4 Å². The number of aromatic nitrogens is 2. The number of para-hydroxylation sites is 2. The number of unbranched alkanes of at least 4 members (excludes halogenated alkanes) is 1. The highest BCUT2D eigenvalue weighted by Crippen LogP contribution is 2.43. The number of hydrogen-bond donors (Lipinski definition) is 0. The Morgan fingerprint density at radius 1 is 0.370 bits per heavy atom. The predicted molar refractivity (Wildman–Crippen MR) is 230 cm³/mol. The summed E-state index contributed by atoms with van der Waals surface area (Å²) in [5, 5.41) is 5.11. The predicted octanol–water partition coefficient (Wildman–Crippen LogP) is 14.2. The molecule has 2 nitrogen and oxygen atoms in total. The van der Waals surface area contributed by atoms with Gasteiger partial charge >= 0.3 is 0 Å². The lowest BCUT2D eigenvalue weighted by atomic mass is 9.91. The molecule has 258 valence electrons. The van der Waals surface area contributed by atoms with Gasteiger partial charge in [0, 0.05) is 32.9 Å². The molecule has 0 aliphatic heterocycles. The molecular weight excluding hydrogens is 653 g/mol. The van der Waals surface area contributed by atoms with Crippen molar-refractivity contribution in [1.82, 2.24) is 9.13 Å². The van der Waals surface area contributed by atoms with Crippen LogP contribution < -0.4 is 0 Å². The summed E-state index contributed by atoms with van der Waals surface area (Å²) < 4.78 is 4.88. The number of hydrogen-bond acceptors (Lipinski definition) is 0. The maximum Gasteiger partial charge on any atom is 0.0548 e. The molecule has 0 amide bonds. The van der Waals surface area contributed by atoms with Crippen LogP contribution >= 0.6 is 0 Å². The zero-order chi connectivity index (χ0) is 36.0. The molecule has 0 unspecified atom stereocenters. The summed E-state index contributed by atoms with van der Waals surface area (Å²) in [5.74, 6) is 0. The molecule has 8 aromatic carbocycles. The zero-order valence-electron chi connectivity index (χ0n) is 30.4. The van der Waals surface area contributed by atoms with E-state index in [9.17, 15) is 0 Å². The number of rotatable bonds is 8. The van der Waals surface area contributed by atoms with Crippen molar-refractivity contribution in [2.45, 2.75) is 26.2 Å². The summed E-state index contributed by atoms with van der Waals surface area (Å²) in [4.78, 5) is 0. The smallest absolute Gasteiger partial charge is 0.0548 e. The number of aryl methyl sites for hydroxylation is 1. The topological polar surface area (TPSA) is 9.86 Å². The van der Waals surface area contributed by atoms with E-state index in [2.05, 4.69) is 204 Å². The standard InChI is InChI=1S/C52H40N2/c1-2-3-14-36-23-32-43(39-17-8-5-9-18-39)46(35-36)40-26-30-42(31-27-40)54-48-22-13-11-20-45(48)52-50(54)34-33-49-51(52)44-19-10-12-21-47(44)53(49)41-28-24-38(25-29-41)37-15-6-4-7-16-37/h4-13,15-35H,2-3,14H2,1H3. The Kier molecular flexibility index (Phi) is 7.95. The van der Waals surface area contributed by atoms with Crippen LogP contribution in [-0.4, -0.2) is 9.13 Å². The molecule has 0 spiro atoms. The van der Waals surface area contributed by atoms with Crippen molar-refractivity contribution in [2.24, 2.45) is 0 Å². The molecule has 2 heteroatoms. The number of benzene rings is 8. The second kappa shape index (κ2) is 13.4. The van der Waals surface area contributed by atoms with Crippen LogP contribution in [0.4, 0.5) is 0 Å². The van der Waals surface area contributed by atoms with E-state index in [0.29, 0.717) is 0 Å². The molecule has 0 fully saturated rings. The normalized spacial score (nSPS) is 11.6. The zero-order valence-corrected chi connectivity index (χ0v) is 30.4. The Morgan fingerprint density at radius 3 is 1.39 bits per heavy atom. The fourth-order valence-electron chi connectivity index (χ4n) is 8.53. The van der Waals surface area contributed by atoms with E-state index in [4.69, 9.17) is 0 Å². The second-order valence-corrected chi connectivity index (χ2v) is 14.4. The Bertz CT molecular complexity index is 2930. The van der Waals surface area contributed by atoms with Crippen molar-refractivity contribution < 1.29 is 0 Å². The van der Waals surface area contributed by atoms with Gasteiger partial charge in [0.2, 0.25) is 0 Å². The quantitative estimate of drug-likeness (QED) is 0.150. The van der Waals surface area contributed by atoms with Crippen molar-refractivity contribution in [1.29, 1.82) is 0 Å². The molecule has 0 radical (unpaired) electrons. The third-order valence-corrected chi connectivity index (χ3v) is 11.1. The van der Waals surface area contributed by atoms with E-state index in [0.717, 1.165) is 17.8 Å². The lowest BCUT2D eigenvalue weighted by Crippen LogP contribution is -1.95. The van der Waals surface area contributed by atoms with Crippen molar-refractivity contribution >= 4 is 43.6 Å². The van der Waals surface area contributed by atoms with Crippen molar-refractivity contribution in [3.63, 3.8) is 0 Å². The Labute approximate surface area is 316 Å². The molecule has 0 aliphatic carbocycles. The minimum atomic E-state index is 1.10. The maximum absolute atomic E-state index is 2.45. The Balaban J connectivity index is 1.14. The maximum atomic E-state index is 2.45. The van der Waals surface area contributed by atoms with E-state index in [-0.39, 0.29) is 0 Å². The largest absolute Gasteiger partial charge is 0.309 e. The van der Waals surface area contributed by atoms with Crippen molar-refractivity contribution in [3.8, 4) is 44.8 Å². The van der Waals surface area contributed by atoms with E-state index in [1.54, 1.807) is 0 Å². The molecule has 0 saturated carbocycles. The average Bonchev–Trinajstić information content (AvgIpc) is 3.76. The average molecular weight is 693 g/mol. The molecule has 0 N–H and O–H groups in total. The SMILES string of the molecule is CCCCc1ccc(-c2ccccc2)c(-c2ccc(-n3c4ccccc4c4c5c6ccccc6n(-c6ccc(-c7ccccc7)cc6)c5ccc43)cc2)c1. The van der Waals surface area contributed by atoms with Crippen LogP contribution in [0.3, 0.4) is 0 Å². The van der Waals surface area contributed by atoms with Crippen LogP contribution in [0.2, 0.25) is 0 Å². The summed E-state index contributed by atoms with van der Waals surface area (Å²) in [6, 6.07) is 69.0.